The van der Waals surface area contributed by atoms with Crippen LogP contribution < -0.4 is 15.0 Å². The summed E-state index contributed by atoms with van der Waals surface area (Å²) in [6, 6.07) is 16.2. The first-order chi connectivity index (χ1) is 16.7. The Labute approximate surface area is 209 Å². The van der Waals surface area contributed by atoms with Crippen molar-refractivity contribution in [2.45, 2.75) is 6.61 Å². The highest BCUT2D eigenvalue weighted by molar-refractivity contribution is 6.42. The number of urea groups is 1. The summed E-state index contributed by atoms with van der Waals surface area (Å²) in [4.78, 5) is 49.9. The molecule has 3 aromatic carbocycles. The van der Waals surface area contributed by atoms with E-state index in [-0.39, 0.29) is 28.5 Å². The highest BCUT2D eigenvalue weighted by Crippen LogP contribution is 2.32. The SMILES string of the molecule is O=C1NC(=O)N(c2ccc(Cl)cc2Cl)C(=O)/C1=C/c1ccccc1OCc1ccc(C(=O)O)cc1. The first kappa shape index (κ1) is 24.0. The van der Waals surface area contributed by atoms with Crippen molar-refractivity contribution >= 4 is 58.8 Å². The van der Waals surface area contributed by atoms with Gasteiger partial charge >= 0.3 is 12.0 Å². The van der Waals surface area contributed by atoms with Crippen LogP contribution in [0.3, 0.4) is 0 Å². The zero-order valence-electron chi connectivity index (χ0n) is 17.8. The van der Waals surface area contributed by atoms with E-state index < -0.39 is 23.8 Å². The number of para-hydroxylation sites is 1. The number of barbiturate groups is 1. The van der Waals surface area contributed by atoms with Gasteiger partial charge in [0.05, 0.1) is 16.3 Å². The second-order valence-corrected chi connectivity index (χ2v) is 8.23. The van der Waals surface area contributed by atoms with Gasteiger partial charge in [0.1, 0.15) is 17.9 Å². The van der Waals surface area contributed by atoms with E-state index in [1.54, 1.807) is 36.4 Å². The zero-order chi connectivity index (χ0) is 25.1. The fourth-order valence-electron chi connectivity index (χ4n) is 3.33. The van der Waals surface area contributed by atoms with Crippen molar-refractivity contribution in [2.24, 2.45) is 0 Å². The molecule has 0 atom stereocenters. The number of anilines is 1. The lowest BCUT2D eigenvalue weighted by atomic mass is 10.1. The van der Waals surface area contributed by atoms with E-state index in [9.17, 15) is 19.2 Å². The van der Waals surface area contributed by atoms with Gasteiger partial charge in [-0.3, -0.25) is 14.9 Å². The smallest absolute Gasteiger partial charge is 0.335 e. The van der Waals surface area contributed by atoms with E-state index >= 15 is 0 Å². The molecule has 1 saturated heterocycles. The molecule has 0 spiro atoms. The fourth-order valence-corrected chi connectivity index (χ4v) is 3.82. The number of nitrogens with zero attached hydrogens (tertiary/aromatic N) is 1. The standard InChI is InChI=1S/C25H16Cl2N2O6/c26-17-9-10-20(19(27)12-17)29-23(31)18(22(30)28-25(29)34)11-16-3-1-2-4-21(16)35-13-14-5-7-15(8-6-14)24(32)33/h1-12H,13H2,(H,32,33)(H,28,30,34)/b18-11+. The lowest BCUT2D eigenvalue weighted by molar-refractivity contribution is -0.122. The number of hydrogen-bond acceptors (Lipinski definition) is 5. The van der Waals surface area contributed by atoms with E-state index in [1.807, 2.05) is 0 Å². The third-order valence-electron chi connectivity index (χ3n) is 5.07. The number of aromatic carboxylic acids is 1. The molecule has 0 aliphatic carbocycles. The van der Waals surface area contributed by atoms with E-state index in [1.165, 1.54) is 36.4 Å². The van der Waals surface area contributed by atoms with Gasteiger partial charge in [0.25, 0.3) is 11.8 Å². The van der Waals surface area contributed by atoms with Crippen LogP contribution in [0.15, 0.2) is 72.3 Å². The normalized spacial score (nSPS) is 14.7. The molecule has 1 aliphatic rings. The molecule has 2 N–H and O–H groups in total. The predicted octanol–water partition coefficient (Wildman–Crippen LogP) is 4.94. The number of carbonyl (C=O) groups is 4. The molecule has 176 valence electrons. The highest BCUT2D eigenvalue weighted by Gasteiger charge is 2.37. The molecule has 3 aromatic rings. The summed E-state index contributed by atoms with van der Waals surface area (Å²) in [5, 5.41) is 11.5. The number of hydrogen-bond donors (Lipinski definition) is 2. The number of carbonyl (C=O) groups excluding carboxylic acids is 3. The molecule has 0 saturated carbocycles. The van der Waals surface area contributed by atoms with Gasteiger partial charge in [-0.15, -0.1) is 0 Å². The summed E-state index contributed by atoms with van der Waals surface area (Å²) in [5.74, 6) is -2.38. The summed E-state index contributed by atoms with van der Waals surface area (Å²) >= 11 is 12.1. The largest absolute Gasteiger partial charge is 0.488 e. The van der Waals surface area contributed by atoms with Crippen LogP contribution in [0.2, 0.25) is 10.0 Å². The molecule has 1 heterocycles. The van der Waals surface area contributed by atoms with Gasteiger partial charge in [0.15, 0.2) is 0 Å². The van der Waals surface area contributed by atoms with Gasteiger partial charge in [-0.25, -0.2) is 14.5 Å². The Morgan fingerprint density at radius 2 is 1.71 bits per heavy atom. The highest BCUT2D eigenvalue weighted by atomic mass is 35.5. The van der Waals surface area contributed by atoms with Gasteiger partial charge in [0, 0.05) is 10.6 Å². The first-order valence-electron chi connectivity index (χ1n) is 10.1. The number of amides is 4. The Hall–Kier alpha value is -4.14. The van der Waals surface area contributed by atoms with Crippen LogP contribution in [0.1, 0.15) is 21.5 Å². The molecule has 4 amide bonds. The molecule has 4 rings (SSSR count). The molecular formula is C25H16Cl2N2O6. The molecule has 0 radical (unpaired) electrons. The van der Waals surface area contributed by atoms with Crippen molar-refractivity contribution in [3.05, 3.63) is 99.0 Å². The average molecular weight is 511 g/mol. The van der Waals surface area contributed by atoms with Gasteiger partial charge in [0.2, 0.25) is 0 Å². The van der Waals surface area contributed by atoms with Crippen LogP contribution in [0, 0.1) is 0 Å². The van der Waals surface area contributed by atoms with Crippen LogP contribution in [0.5, 0.6) is 5.75 Å². The molecule has 8 nitrogen and oxygen atoms in total. The van der Waals surface area contributed by atoms with Crippen LogP contribution >= 0.6 is 23.2 Å². The van der Waals surface area contributed by atoms with Crippen molar-refractivity contribution in [1.29, 1.82) is 0 Å². The predicted molar refractivity (Wildman–Crippen MR) is 130 cm³/mol. The van der Waals surface area contributed by atoms with Gasteiger partial charge in [-0.05, 0) is 48.0 Å². The number of benzene rings is 3. The summed E-state index contributed by atoms with van der Waals surface area (Å²) in [7, 11) is 0. The topological polar surface area (TPSA) is 113 Å². The minimum Gasteiger partial charge on any atom is -0.488 e. The summed E-state index contributed by atoms with van der Waals surface area (Å²) < 4.78 is 5.85. The lowest BCUT2D eigenvalue weighted by Crippen LogP contribution is -2.54. The zero-order valence-corrected chi connectivity index (χ0v) is 19.3. The molecule has 1 fully saturated rings. The maximum atomic E-state index is 13.2. The van der Waals surface area contributed by atoms with E-state index in [2.05, 4.69) is 5.32 Å². The van der Waals surface area contributed by atoms with E-state index in [0.717, 1.165) is 10.5 Å². The molecule has 0 aromatic heterocycles. The summed E-state index contributed by atoms with van der Waals surface area (Å²) in [6.45, 7) is 0.116. The molecule has 0 unspecified atom stereocenters. The fraction of sp³-hybridized carbons (Fsp3) is 0.0400. The van der Waals surface area contributed by atoms with Crippen molar-refractivity contribution in [3.63, 3.8) is 0 Å². The van der Waals surface area contributed by atoms with Gasteiger partial charge < -0.3 is 9.84 Å². The molecule has 0 bridgehead atoms. The van der Waals surface area contributed by atoms with Crippen molar-refractivity contribution in [1.82, 2.24) is 5.32 Å². The molecule has 1 aliphatic heterocycles. The maximum absolute atomic E-state index is 13.2. The van der Waals surface area contributed by atoms with Crippen LogP contribution in [-0.4, -0.2) is 28.9 Å². The van der Waals surface area contributed by atoms with E-state index in [0.29, 0.717) is 16.3 Å². The van der Waals surface area contributed by atoms with Gasteiger partial charge in [-0.1, -0.05) is 53.5 Å². The number of ether oxygens (including phenoxy) is 1. The Morgan fingerprint density at radius 1 is 1.00 bits per heavy atom. The summed E-state index contributed by atoms with van der Waals surface area (Å²) in [5.41, 5.74) is 1.08. The number of imide groups is 2. The number of carboxylic acids is 1. The molecular weight excluding hydrogens is 495 g/mol. The van der Waals surface area contributed by atoms with Crippen LogP contribution in [0.4, 0.5) is 10.5 Å². The van der Waals surface area contributed by atoms with Crippen molar-refractivity contribution in [2.75, 3.05) is 4.90 Å². The quantitative estimate of drug-likeness (QED) is 0.358. The monoisotopic (exact) mass is 510 g/mol. The molecule has 35 heavy (non-hydrogen) atoms. The first-order valence-corrected chi connectivity index (χ1v) is 10.9. The van der Waals surface area contributed by atoms with Crippen LogP contribution in [-0.2, 0) is 16.2 Å². The second kappa shape index (κ2) is 10.0. The lowest BCUT2D eigenvalue weighted by Gasteiger charge is -2.27. The van der Waals surface area contributed by atoms with Crippen molar-refractivity contribution in [3.8, 4) is 5.75 Å². The second-order valence-electron chi connectivity index (χ2n) is 7.38. The third-order valence-corrected chi connectivity index (χ3v) is 5.60. The Kier molecular flexibility index (Phi) is 6.86. The minimum atomic E-state index is -1.03. The minimum absolute atomic E-state index is 0.0624. The van der Waals surface area contributed by atoms with Gasteiger partial charge in [-0.2, -0.15) is 0 Å². The number of nitrogens with one attached hydrogen (secondary N) is 1. The Morgan fingerprint density at radius 3 is 2.40 bits per heavy atom. The average Bonchev–Trinajstić information content (AvgIpc) is 2.82. The number of halogens is 2. The Balaban J connectivity index is 1.62. The third kappa shape index (κ3) is 5.18. The maximum Gasteiger partial charge on any atom is 0.335 e. The number of rotatable bonds is 6. The molecule has 10 heteroatoms. The Bertz CT molecular complexity index is 1380. The van der Waals surface area contributed by atoms with E-state index in [4.69, 9.17) is 33.0 Å². The van der Waals surface area contributed by atoms with Crippen LogP contribution in [0.25, 0.3) is 6.08 Å². The van der Waals surface area contributed by atoms with Crippen molar-refractivity contribution < 1.29 is 29.0 Å². The number of carboxylic acid groups (broad SMARTS) is 1. The summed E-state index contributed by atoms with van der Waals surface area (Å²) in [6.07, 6.45) is 1.32.